The van der Waals surface area contributed by atoms with Crippen LogP contribution < -0.4 is 10.6 Å². The molecule has 0 spiro atoms. The van der Waals surface area contributed by atoms with E-state index in [1.54, 1.807) is 0 Å². The number of carbonyl (C=O) groups excluding carboxylic acids is 2. The Kier molecular flexibility index (Phi) is 7.82. The van der Waals surface area contributed by atoms with Gasteiger partial charge >= 0.3 is 0 Å². The van der Waals surface area contributed by atoms with Gasteiger partial charge in [0.05, 0.1) is 0 Å². The summed E-state index contributed by atoms with van der Waals surface area (Å²) in [4.78, 5) is 30.3. The van der Waals surface area contributed by atoms with E-state index < -0.39 is 6.04 Å². The molecule has 0 fully saturated rings. The van der Waals surface area contributed by atoms with Crippen molar-refractivity contribution in [1.29, 1.82) is 0 Å². The number of benzene rings is 1. The van der Waals surface area contributed by atoms with Crippen LogP contribution in [0.3, 0.4) is 0 Å². The molecular weight excluding hydrogens is 342 g/mol. The minimum atomic E-state index is -0.615. The molecule has 1 aliphatic rings. The first-order valence-electron chi connectivity index (χ1n) is 9.82. The molecule has 2 atom stereocenters. The van der Waals surface area contributed by atoms with Crippen LogP contribution in [-0.4, -0.2) is 29.8 Å². The second-order valence-electron chi connectivity index (χ2n) is 7.60. The number of aryl methyl sites for hydroxylation is 1. The number of hydrogen-bond donors (Lipinski definition) is 2. The SMILES string of the molecule is CCCCc1ccc(C(=O)N[C@@H](CC(C)C)C(=O)NC2=NO[C@H](C)C2)cc1. The molecule has 0 aromatic heterocycles. The van der Waals surface area contributed by atoms with Crippen molar-refractivity contribution < 1.29 is 14.4 Å². The zero-order valence-corrected chi connectivity index (χ0v) is 16.7. The number of oxime groups is 1. The monoisotopic (exact) mass is 373 g/mol. The predicted octanol–water partition coefficient (Wildman–Crippen LogP) is 3.41. The van der Waals surface area contributed by atoms with E-state index in [4.69, 9.17) is 4.84 Å². The maximum Gasteiger partial charge on any atom is 0.251 e. The zero-order chi connectivity index (χ0) is 19.8. The van der Waals surface area contributed by atoms with Crippen molar-refractivity contribution in [3.63, 3.8) is 0 Å². The smallest absolute Gasteiger partial charge is 0.251 e. The van der Waals surface area contributed by atoms with Crippen LogP contribution in [0.15, 0.2) is 29.4 Å². The van der Waals surface area contributed by atoms with Crippen LogP contribution in [-0.2, 0) is 16.1 Å². The van der Waals surface area contributed by atoms with E-state index >= 15 is 0 Å². The van der Waals surface area contributed by atoms with Gasteiger partial charge in [-0.1, -0.05) is 44.5 Å². The van der Waals surface area contributed by atoms with E-state index in [1.165, 1.54) is 5.56 Å². The summed E-state index contributed by atoms with van der Waals surface area (Å²) in [5.41, 5.74) is 1.78. The van der Waals surface area contributed by atoms with Gasteiger partial charge in [-0.2, -0.15) is 0 Å². The average molecular weight is 373 g/mol. The van der Waals surface area contributed by atoms with Gasteiger partial charge in [-0.3, -0.25) is 9.59 Å². The van der Waals surface area contributed by atoms with Gasteiger partial charge in [0.25, 0.3) is 5.91 Å². The van der Waals surface area contributed by atoms with Crippen LogP contribution in [0, 0.1) is 5.92 Å². The summed E-state index contributed by atoms with van der Waals surface area (Å²) >= 11 is 0. The maximum absolute atomic E-state index is 12.6. The van der Waals surface area contributed by atoms with E-state index in [0.717, 1.165) is 19.3 Å². The topological polar surface area (TPSA) is 79.8 Å². The minimum absolute atomic E-state index is 0.0373. The van der Waals surface area contributed by atoms with Gasteiger partial charge in [0.15, 0.2) is 5.84 Å². The Bertz CT molecular complexity index is 668. The molecule has 2 rings (SSSR count). The highest BCUT2D eigenvalue weighted by Gasteiger charge is 2.26. The van der Waals surface area contributed by atoms with Gasteiger partial charge in [0, 0.05) is 12.0 Å². The molecule has 0 saturated heterocycles. The Morgan fingerprint density at radius 3 is 2.52 bits per heavy atom. The molecule has 1 aromatic rings. The fourth-order valence-electron chi connectivity index (χ4n) is 2.95. The van der Waals surface area contributed by atoms with Crippen molar-refractivity contribution in [3.05, 3.63) is 35.4 Å². The van der Waals surface area contributed by atoms with Gasteiger partial charge in [-0.25, -0.2) is 0 Å². The second kappa shape index (κ2) is 10.1. The first-order valence-corrected chi connectivity index (χ1v) is 9.82. The fourth-order valence-corrected chi connectivity index (χ4v) is 2.95. The van der Waals surface area contributed by atoms with Crippen molar-refractivity contribution in [1.82, 2.24) is 10.6 Å². The third-order valence-corrected chi connectivity index (χ3v) is 4.46. The number of nitrogens with one attached hydrogen (secondary N) is 2. The summed E-state index contributed by atoms with van der Waals surface area (Å²) in [6, 6.07) is 6.99. The zero-order valence-electron chi connectivity index (χ0n) is 16.7. The summed E-state index contributed by atoms with van der Waals surface area (Å²) < 4.78 is 0. The highest BCUT2D eigenvalue weighted by molar-refractivity contribution is 6.03. The van der Waals surface area contributed by atoms with Crippen LogP contribution in [0.1, 0.15) is 69.3 Å². The molecule has 0 saturated carbocycles. The molecule has 2 N–H and O–H groups in total. The third-order valence-electron chi connectivity index (χ3n) is 4.46. The summed E-state index contributed by atoms with van der Waals surface area (Å²) in [6.07, 6.45) is 4.37. The first kappa shape index (κ1) is 20.9. The number of amidine groups is 1. The predicted molar refractivity (Wildman–Crippen MR) is 107 cm³/mol. The number of carbonyl (C=O) groups is 2. The average Bonchev–Trinajstić information content (AvgIpc) is 3.04. The first-order chi connectivity index (χ1) is 12.9. The summed E-state index contributed by atoms with van der Waals surface area (Å²) in [5.74, 6) is 0.276. The second-order valence-corrected chi connectivity index (χ2v) is 7.60. The molecule has 0 aliphatic carbocycles. The Labute approximate surface area is 161 Å². The summed E-state index contributed by atoms with van der Waals surface area (Å²) in [6.45, 7) is 8.09. The van der Waals surface area contributed by atoms with Crippen LogP contribution in [0.2, 0.25) is 0 Å². The lowest BCUT2D eigenvalue weighted by Crippen LogP contribution is -2.49. The van der Waals surface area contributed by atoms with Crippen LogP contribution >= 0.6 is 0 Å². The number of nitrogens with zero attached hydrogens (tertiary/aromatic N) is 1. The third kappa shape index (κ3) is 6.70. The Hall–Kier alpha value is -2.37. The summed E-state index contributed by atoms with van der Waals surface area (Å²) in [7, 11) is 0. The molecule has 27 heavy (non-hydrogen) atoms. The molecular formula is C21H31N3O3. The molecule has 6 nitrogen and oxygen atoms in total. The molecule has 2 amide bonds. The quantitative estimate of drug-likeness (QED) is 0.733. The normalized spacial score (nSPS) is 17.2. The van der Waals surface area contributed by atoms with E-state index in [0.29, 0.717) is 24.2 Å². The van der Waals surface area contributed by atoms with Gasteiger partial charge in [-0.15, -0.1) is 0 Å². The number of hydrogen-bond acceptors (Lipinski definition) is 4. The largest absolute Gasteiger partial charge is 0.391 e. The Morgan fingerprint density at radius 1 is 1.26 bits per heavy atom. The van der Waals surface area contributed by atoms with Crippen LogP contribution in [0.25, 0.3) is 0 Å². The molecule has 6 heteroatoms. The molecule has 1 aromatic carbocycles. The molecule has 148 valence electrons. The van der Waals surface area contributed by atoms with Crippen molar-refractivity contribution in [3.8, 4) is 0 Å². The lowest BCUT2D eigenvalue weighted by atomic mass is 10.0. The van der Waals surface area contributed by atoms with Gasteiger partial charge < -0.3 is 15.5 Å². The number of rotatable bonds is 8. The molecule has 1 heterocycles. The van der Waals surface area contributed by atoms with Crippen LogP contribution in [0.4, 0.5) is 0 Å². The van der Waals surface area contributed by atoms with Crippen molar-refractivity contribution in [2.24, 2.45) is 11.1 Å². The van der Waals surface area contributed by atoms with Crippen molar-refractivity contribution in [2.45, 2.75) is 71.9 Å². The lowest BCUT2D eigenvalue weighted by Gasteiger charge is -2.20. The highest BCUT2D eigenvalue weighted by Crippen LogP contribution is 2.12. The highest BCUT2D eigenvalue weighted by atomic mass is 16.6. The summed E-state index contributed by atoms with van der Waals surface area (Å²) in [5, 5.41) is 9.50. The molecule has 0 bridgehead atoms. The molecule has 0 radical (unpaired) electrons. The number of unbranched alkanes of at least 4 members (excludes halogenated alkanes) is 1. The lowest BCUT2D eigenvalue weighted by molar-refractivity contribution is -0.121. The van der Waals surface area contributed by atoms with Crippen molar-refractivity contribution in [2.75, 3.05) is 0 Å². The minimum Gasteiger partial charge on any atom is -0.391 e. The molecule has 1 aliphatic heterocycles. The Balaban J connectivity index is 1.99. The van der Waals surface area contributed by atoms with Crippen molar-refractivity contribution >= 4 is 17.6 Å². The van der Waals surface area contributed by atoms with Gasteiger partial charge in [-0.05, 0) is 49.8 Å². The Morgan fingerprint density at radius 2 is 1.96 bits per heavy atom. The molecule has 0 unspecified atom stereocenters. The van der Waals surface area contributed by atoms with E-state index in [2.05, 4.69) is 22.7 Å². The van der Waals surface area contributed by atoms with E-state index in [9.17, 15) is 9.59 Å². The van der Waals surface area contributed by atoms with Gasteiger partial charge in [0.1, 0.15) is 12.1 Å². The maximum atomic E-state index is 12.6. The van der Waals surface area contributed by atoms with E-state index in [-0.39, 0.29) is 23.8 Å². The fraction of sp³-hybridized carbons (Fsp3) is 0.571. The standard InChI is InChI=1S/C21H31N3O3/c1-5-6-7-16-8-10-17(11-9-16)20(25)22-18(12-14(2)3)21(26)23-19-13-15(4)27-24-19/h8-11,14-15,18H,5-7,12-13H2,1-4H3,(H,22,25)(H,23,24,26)/t15-,18+/m1/s1. The van der Waals surface area contributed by atoms with E-state index in [1.807, 2.05) is 45.0 Å². The van der Waals surface area contributed by atoms with Crippen LogP contribution in [0.5, 0.6) is 0 Å². The number of amides is 2. The van der Waals surface area contributed by atoms with Gasteiger partial charge in [0.2, 0.25) is 5.91 Å².